The van der Waals surface area contributed by atoms with Crippen LogP contribution < -0.4 is 15.8 Å². The van der Waals surface area contributed by atoms with Crippen LogP contribution in [0.25, 0.3) is 0 Å². The van der Waals surface area contributed by atoms with Gasteiger partial charge in [0.25, 0.3) is 0 Å². The number of rotatable bonds is 6. The van der Waals surface area contributed by atoms with E-state index in [0.29, 0.717) is 18.6 Å². The van der Waals surface area contributed by atoms with Crippen LogP contribution in [0.2, 0.25) is 0 Å². The van der Waals surface area contributed by atoms with Gasteiger partial charge in [-0.3, -0.25) is 0 Å². The zero-order valence-electron chi connectivity index (χ0n) is 12.3. The molecule has 112 valence electrons. The van der Waals surface area contributed by atoms with Crippen molar-refractivity contribution < 1.29 is 9.84 Å². The number of hydrogen-bond acceptors (Lipinski definition) is 4. The van der Waals surface area contributed by atoms with Gasteiger partial charge in [-0.1, -0.05) is 12.8 Å². The van der Waals surface area contributed by atoms with Crippen LogP contribution in [-0.2, 0) is 6.61 Å². The van der Waals surface area contributed by atoms with Crippen LogP contribution in [0.15, 0.2) is 18.2 Å². The van der Waals surface area contributed by atoms with E-state index in [1.807, 2.05) is 25.1 Å². The van der Waals surface area contributed by atoms with E-state index >= 15 is 0 Å². The average molecular weight is 278 g/mol. The van der Waals surface area contributed by atoms with E-state index in [9.17, 15) is 5.11 Å². The molecule has 1 saturated carbocycles. The molecule has 2 unspecified atom stereocenters. The molecule has 0 heterocycles. The molecule has 4 nitrogen and oxygen atoms in total. The smallest absolute Gasteiger partial charge is 0.124 e. The molecule has 4 heteroatoms. The zero-order chi connectivity index (χ0) is 14.4. The number of nitrogens with one attached hydrogen (secondary N) is 1. The Morgan fingerprint density at radius 3 is 2.85 bits per heavy atom. The van der Waals surface area contributed by atoms with Crippen molar-refractivity contribution in [2.45, 2.75) is 45.3 Å². The van der Waals surface area contributed by atoms with Crippen molar-refractivity contribution in [1.82, 2.24) is 0 Å². The molecular formula is C16H26N2O2. The van der Waals surface area contributed by atoms with E-state index in [1.165, 1.54) is 25.7 Å². The summed E-state index contributed by atoms with van der Waals surface area (Å²) in [6, 6.07) is 6.37. The summed E-state index contributed by atoms with van der Waals surface area (Å²) >= 11 is 0. The van der Waals surface area contributed by atoms with E-state index in [1.54, 1.807) is 0 Å². The number of benzene rings is 1. The Morgan fingerprint density at radius 1 is 1.35 bits per heavy atom. The van der Waals surface area contributed by atoms with E-state index in [-0.39, 0.29) is 6.61 Å². The van der Waals surface area contributed by atoms with E-state index in [2.05, 4.69) is 5.32 Å². The van der Waals surface area contributed by atoms with Gasteiger partial charge in [-0.25, -0.2) is 0 Å². The predicted octanol–water partition coefficient (Wildman–Crippen LogP) is 2.51. The van der Waals surface area contributed by atoms with Crippen molar-refractivity contribution in [2.24, 2.45) is 11.7 Å². The SMILES string of the molecule is CCOc1ccc(NC2CCCCC2CN)cc1CO. The van der Waals surface area contributed by atoms with Gasteiger partial charge >= 0.3 is 0 Å². The number of aliphatic hydroxyl groups excluding tert-OH is 1. The lowest BCUT2D eigenvalue weighted by molar-refractivity contribution is 0.267. The molecule has 0 saturated heterocycles. The molecule has 1 fully saturated rings. The van der Waals surface area contributed by atoms with Gasteiger partial charge in [-0.2, -0.15) is 0 Å². The molecule has 0 bridgehead atoms. The van der Waals surface area contributed by atoms with Gasteiger partial charge in [0.15, 0.2) is 0 Å². The second-order valence-electron chi connectivity index (χ2n) is 5.44. The van der Waals surface area contributed by atoms with Gasteiger partial charge in [0.05, 0.1) is 13.2 Å². The fourth-order valence-corrected chi connectivity index (χ4v) is 2.98. The second kappa shape index (κ2) is 7.50. The van der Waals surface area contributed by atoms with Gasteiger partial charge in [0, 0.05) is 17.3 Å². The molecule has 0 aliphatic heterocycles. The largest absolute Gasteiger partial charge is 0.494 e. The molecule has 20 heavy (non-hydrogen) atoms. The van der Waals surface area contributed by atoms with Crippen molar-refractivity contribution >= 4 is 5.69 Å². The molecule has 2 atom stereocenters. The van der Waals surface area contributed by atoms with Crippen LogP contribution in [0.3, 0.4) is 0 Å². The summed E-state index contributed by atoms with van der Waals surface area (Å²) in [5.41, 5.74) is 7.74. The minimum atomic E-state index is -0.00413. The Balaban J connectivity index is 2.08. The lowest BCUT2D eigenvalue weighted by atomic mass is 9.84. The Bertz CT molecular complexity index is 423. The second-order valence-corrected chi connectivity index (χ2v) is 5.44. The number of ether oxygens (including phenoxy) is 1. The molecule has 1 aromatic carbocycles. The summed E-state index contributed by atoms with van der Waals surface area (Å²) in [6.45, 7) is 3.29. The first kappa shape index (κ1) is 15.1. The van der Waals surface area contributed by atoms with Crippen LogP contribution >= 0.6 is 0 Å². The molecule has 0 aromatic heterocycles. The van der Waals surface area contributed by atoms with E-state index < -0.39 is 0 Å². The number of aliphatic hydroxyl groups is 1. The average Bonchev–Trinajstić information content (AvgIpc) is 2.49. The number of anilines is 1. The summed E-state index contributed by atoms with van der Waals surface area (Å²) in [4.78, 5) is 0. The summed E-state index contributed by atoms with van der Waals surface area (Å²) in [7, 11) is 0. The topological polar surface area (TPSA) is 67.5 Å². The van der Waals surface area contributed by atoms with Crippen LogP contribution in [0.1, 0.15) is 38.2 Å². The standard InChI is InChI=1S/C16H26N2O2/c1-2-20-16-8-7-14(9-13(16)11-19)18-15-6-4-3-5-12(15)10-17/h7-9,12,15,18-19H,2-6,10-11,17H2,1H3. The van der Waals surface area contributed by atoms with Crippen LogP contribution in [0.5, 0.6) is 5.75 Å². The lowest BCUT2D eigenvalue weighted by Gasteiger charge is -2.32. The van der Waals surface area contributed by atoms with Crippen LogP contribution in [0, 0.1) is 5.92 Å². The van der Waals surface area contributed by atoms with Gasteiger partial charge in [0.2, 0.25) is 0 Å². The highest BCUT2D eigenvalue weighted by atomic mass is 16.5. The molecule has 0 spiro atoms. The first-order chi connectivity index (χ1) is 9.78. The van der Waals surface area contributed by atoms with E-state index in [4.69, 9.17) is 10.5 Å². The summed E-state index contributed by atoms with van der Waals surface area (Å²) < 4.78 is 5.51. The van der Waals surface area contributed by atoms with Crippen molar-refractivity contribution in [3.63, 3.8) is 0 Å². The molecule has 4 N–H and O–H groups in total. The van der Waals surface area contributed by atoms with Crippen molar-refractivity contribution in [2.75, 3.05) is 18.5 Å². The number of nitrogens with two attached hydrogens (primary N) is 1. The monoisotopic (exact) mass is 278 g/mol. The first-order valence-corrected chi connectivity index (χ1v) is 7.61. The summed E-state index contributed by atoms with van der Waals surface area (Å²) in [5, 5.41) is 13.0. The maximum Gasteiger partial charge on any atom is 0.124 e. The minimum Gasteiger partial charge on any atom is -0.494 e. The number of hydrogen-bond donors (Lipinski definition) is 3. The fourth-order valence-electron chi connectivity index (χ4n) is 2.98. The quantitative estimate of drug-likeness (QED) is 0.748. The summed E-state index contributed by atoms with van der Waals surface area (Å²) in [5.74, 6) is 1.31. The van der Waals surface area contributed by atoms with Crippen molar-refractivity contribution in [3.05, 3.63) is 23.8 Å². The van der Waals surface area contributed by atoms with E-state index in [0.717, 1.165) is 23.5 Å². The molecule has 1 aliphatic rings. The highest BCUT2D eigenvalue weighted by molar-refractivity contribution is 5.51. The maximum absolute atomic E-state index is 9.45. The third kappa shape index (κ3) is 3.64. The Kier molecular flexibility index (Phi) is 5.68. The normalized spacial score (nSPS) is 22.6. The zero-order valence-corrected chi connectivity index (χ0v) is 12.3. The molecule has 0 radical (unpaired) electrons. The summed E-state index contributed by atoms with van der Waals surface area (Å²) in [6.07, 6.45) is 4.92. The highest BCUT2D eigenvalue weighted by Crippen LogP contribution is 2.29. The third-order valence-corrected chi connectivity index (χ3v) is 4.09. The van der Waals surface area contributed by atoms with Gasteiger partial charge in [-0.15, -0.1) is 0 Å². The molecule has 2 rings (SSSR count). The minimum absolute atomic E-state index is 0.00413. The molecule has 1 aromatic rings. The molecule has 1 aliphatic carbocycles. The van der Waals surface area contributed by atoms with Gasteiger partial charge in [0.1, 0.15) is 5.75 Å². The third-order valence-electron chi connectivity index (χ3n) is 4.09. The Morgan fingerprint density at radius 2 is 2.15 bits per heavy atom. The first-order valence-electron chi connectivity index (χ1n) is 7.61. The predicted molar refractivity (Wildman–Crippen MR) is 82.0 cm³/mol. The molecular weight excluding hydrogens is 252 g/mol. The lowest BCUT2D eigenvalue weighted by Crippen LogP contribution is -2.36. The van der Waals surface area contributed by atoms with Crippen LogP contribution in [0.4, 0.5) is 5.69 Å². The maximum atomic E-state index is 9.45. The molecule has 0 amide bonds. The van der Waals surface area contributed by atoms with Gasteiger partial charge in [-0.05, 0) is 50.4 Å². The Labute approximate surface area is 121 Å². The fraction of sp³-hybridized carbons (Fsp3) is 0.625. The highest BCUT2D eigenvalue weighted by Gasteiger charge is 2.23. The Hall–Kier alpha value is -1.26. The van der Waals surface area contributed by atoms with Crippen molar-refractivity contribution in [3.8, 4) is 5.75 Å². The van der Waals surface area contributed by atoms with Gasteiger partial charge < -0.3 is 20.9 Å². The van der Waals surface area contributed by atoms with Crippen LogP contribution in [-0.4, -0.2) is 24.3 Å². The van der Waals surface area contributed by atoms with Crippen molar-refractivity contribution in [1.29, 1.82) is 0 Å².